The number of methoxy groups -OCH3 is 1. The standard InChI is InChI=1S/C25H28FNO4/c1-4-6-7-14-27-22(17-10-8-16(5-2)9-11-17)21(24(29)25(27)30)23(28)19-15-18(26)12-13-20(19)31-3/h8-13,15,22,28H,4-7,14H2,1-3H3/b23-21+. The Bertz CT molecular complexity index is 997. The molecule has 1 amide bonds. The average Bonchev–Trinajstić information content (AvgIpc) is 3.03. The molecule has 1 aliphatic heterocycles. The first kappa shape index (κ1) is 22.5. The number of halogens is 1. The second-order valence-corrected chi connectivity index (χ2v) is 7.64. The molecule has 1 N–H and O–H groups in total. The van der Waals surface area contributed by atoms with Crippen LogP contribution in [-0.2, 0) is 16.0 Å². The van der Waals surface area contributed by atoms with Crippen LogP contribution in [0.2, 0.25) is 0 Å². The zero-order valence-corrected chi connectivity index (χ0v) is 18.2. The number of rotatable bonds is 8. The zero-order chi connectivity index (χ0) is 22.5. The van der Waals surface area contributed by atoms with Crippen LogP contribution in [0.15, 0.2) is 48.0 Å². The van der Waals surface area contributed by atoms with Gasteiger partial charge in [0.2, 0.25) is 0 Å². The Labute approximate surface area is 182 Å². The summed E-state index contributed by atoms with van der Waals surface area (Å²) in [5.74, 6) is -2.22. The zero-order valence-electron chi connectivity index (χ0n) is 18.2. The predicted octanol–water partition coefficient (Wildman–Crippen LogP) is 5.01. The van der Waals surface area contributed by atoms with Gasteiger partial charge in [-0.25, -0.2) is 4.39 Å². The molecular formula is C25H28FNO4. The highest BCUT2D eigenvalue weighted by molar-refractivity contribution is 6.46. The highest BCUT2D eigenvalue weighted by Gasteiger charge is 2.46. The van der Waals surface area contributed by atoms with Gasteiger partial charge in [0.15, 0.2) is 0 Å². The first-order valence-corrected chi connectivity index (χ1v) is 10.6. The number of carbonyl (C=O) groups is 2. The lowest BCUT2D eigenvalue weighted by atomic mass is 9.94. The third kappa shape index (κ3) is 4.48. The Morgan fingerprint density at radius 3 is 2.42 bits per heavy atom. The van der Waals surface area contributed by atoms with E-state index >= 15 is 0 Å². The van der Waals surface area contributed by atoms with Crippen LogP contribution in [0, 0.1) is 5.82 Å². The quantitative estimate of drug-likeness (QED) is 0.279. The molecule has 31 heavy (non-hydrogen) atoms. The maximum absolute atomic E-state index is 13.9. The van der Waals surface area contributed by atoms with Gasteiger partial charge < -0.3 is 14.7 Å². The maximum Gasteiger partial charge on any atom is 0.295 e. The molecule has 0 saturated carbocycles. The lowest BCUT2D eigenvalue weighted by Gasteiger charge is -2.25. The van der Waals surface area contributed by atoms with Crippen molar-refractivity contribution in [2.24, 2.45) is 0 Å². The Balaban J connectivity index is 2.17. The summed E-state index contributed by atoms with van der Waals surface area (Å²) >= 11 is 0. The molecule has 0 bridgehead atoms. The van der Waals surface area contributed by atoms with Gasteiger partial charge in [-0.05, 0) is 42.2 Å². The van der Waals surface area contributed by atoms with Crippen LogP contribution in [-0.4, -0.2) is 35.4 Å². The van der Waals surface area contributed by atoms with Gasteiger partial charge in [0.1, 0.15) is 17.3 Å². The lowest BCUT2D eigenvalue weighted by molar-refractivity contribution is -0.139. The molecule has 1 saturated heterocycles. The van der Waals surface area contributed by atoms with Gasteiger partial charge in [0.05, 0.1) is 24.3 Å². The van der Waals surface area contributed by atoms with Crippen LogP contribution in [0.5, 0.6) is 5.75 Å². The molecule has 1 unspecified atom stereocenters. The maximum atomic E-state index is 13.9. The molecule has 1 aliphatic rings. The fraction of sp³-hybridized carbons (Fsp3) is 0.360. The van der Waals surface area contributed by atoms with Gasteiger partial charge in [0, 0.05) is 6.54 Å². The summed E-state index contributed by atoms with van der Waals surface area (Å²) in [6, 6.07) is 10.6. The first-order valence-electron chi connectivity index (χ1n) is 10.6. The number of ether oxygens (including phenoxy) is 1. The van der Waals surface area contributed by atoms with Gasteiger partial charge in [-0.15, -0.1) is 0 Å². The minimum atomic E-state index is -0.773. The molecule has 6 heteroatoms. The SMILES string of the molecule is CCCCCN1C(=O)C(=O)/C(=C(/O)c2cc(F)ccc2OC)C1c1ccc(CC)cc1. The monoisotopic (exact) mass is 425 g/mol. The summed E-state index contributed by atoms with van der Waals surface area (Å²) in [5, 5.41) is 11.1. The van der Waals surface area contributed by atoms with E-state index in [0.717, 1.165) is 42.9 Å². The van der Waals surface area contributed by atoms with Gasteiger partial charge in [-0.2, -0.15) is 0 Å². The molecule has 5 nitrogen and oxygen atoms in total. The number of aliphatic hydroxyl groups excluding tert-OH is 1. The number of aryl methyl sites for hydroxylation is 1. The Kier molecular flexibility index (Phi) is 7.10. The minimum absolute atomic E-state index is 0.0456. The van der Waals surface area contributed by atoms with Gasteiger partial charge in [-0.1, -0.05) is 51.0 Å². The van der Waals surface area contributed by atoms with Gasteiger partial charge in [0.25, 0.3) is 11.7 Å². The smallest absolute Gasteiger partial charge is 0.295 e. The van der Waals surface area contributed by atoms with Crippen molar-refractivity contribution in [1.82, 2.24) is 4.90 Å². The van der Waals surface area contributed by atoms with Crippen LogP contribution >= 0.6 is 0 Å². The number of likely N-dealkylation sites (tertiary alicyclic amines) is 1. The number of nitrogens with zero attached hydrogens (tertiary/aromatic N) is 1. The largest absolute Gasteiger partial charge is 0.507 e. The number of benzene rings is 2. The molecule has 0 aromatic heterocycles. The number of hydrogen-bond donors (Lipinski definition) is 1. The highest BCUT2D eigenvalue weighted by atomic mass is 19.1. The molecule has 3 rings (SSSR count). The first-order chi connectivity index (χ1) is 14.9. The van der Waals surface area contributed by atoms with E-state index in [-0.39, 0.29) is 16.9 Å². The number of hydrogen-bond acceptors (Lipinski definition) is 4. The number of carbonyl (C=O) groups excluding carboxylic acids is 2. The predicted molar refractivity (Wildman–Crippen MR) is 117 cm³/mol. The van der Waals surface area contributed by atoms with Crippen molar-refractivity contribution in [2.75, 3.05) is 13.7 Å². The van der Waals surface area contributed by atoms with Gasteiger partial charge in [-0.3, -0.25) is 9.59 Å². The van der Waals surface area contributed by atoms with E-state index in [1.807, 2.05) is 31.2 Å². The van der Waals surface area contributed by atoms with Crippen LogP contribution < -0.4 is 4.74 Å². The van der Waals surface area contributed by atoms with E-state index < -0.39 is 29.3 Å². The minimum Gasteiger partial charge on any atom is -0.507 e. The molecule has 1 atom stereocenters. The highest BCUT2D eigenvalue weighted by Crippen LogP contribution is 2.41. The van der Waals surface area contributed by atoms with Crippen molar-refractivity contribution in [1.29, 1.82) is 0 Å². The molecular weight excluding hydrogens is 397 g/mol. The van der Waals surface area contributed by atoms with Crippen molar-refractivity contribution in [3.63, 3.8) is 0 Å². The average molecular weight is 426 g/mol. The summed E-state index contributed by atoms with van der Waals surface area (Å²) in [4.78, 5) is 27.4. The van der Waals surface area contributed by atoms with E-state index in [2.05, 4.69) is 6.92 Å². The fourth-order valence-electron chi connectivity index (χ4n) is 3.94. The van der Waals surface area contributed by atoms with Crippen molar-refractivity contribution in [2.45, 2.75) is 45.6 Å². The molecule has 2 aromatic rings. The van der Waals surface area contributed by atoms with Crippen molar-refractivity contribution >= 4 is 17.4 Å². The Hall–Kier alpha value is -3.15. The molecule has 0 radical (unpaired) electrons. The molecule has 1 heterocycles. The number of unbranched alkanes of at least 4 members (excludes halogenated alkanes) is 2. The second-order valence-electron chi connectivity index (χ2n) is 7.64. The van der Waals surface area contributed by atoms with Crippen molar-refractivity contribution in [3.8, 4) is 5.75 Å². The summed E-state index contributed by atoms with van der Waals surface area (Å²) in [6.45, 7) is 4.50. The number of aliphatic hydroxyl groups is 1. The molecule has 1 fully saturated rings. The molecule has 164 valence electrons. The summed E-state index contributed by atoms with van der Waals surface area (Å²) in [5.41, 5.74) is 1.85. The normalized spacial score (nSPS) is 17.9. The van der Waals surface area contributed by atoms with E-state index in [4.69, 9.17) is 4.74 Å². The Morgan fingerprint density at radius 2 is 1.81 bits per heavy atom. The second kappa shape index (κ2) is 9.77. The number of Topliss-reactive ketones (excluding diaryl/α,β-unsaturated/α-hetero) is 1. The third-order valence-corrected chi connectivity index (χ3v) is 5.66. The van der Waals surface area contributed by atoms with E-state index in [1.165, 1.54) is 24.1 Å². The number of amides is 1. The fourth-order valence-corrected chi connectivity index (χ4v) is 3.94. The van der Waals surface area contributed by atoms with Crippen LogP contribution in [0.1, 0.15) is 55.8 Å². The molecule has 2 aromatic carbocycles. The summed E-state index contributed by atoms with van der Waals surface area (Å²) < 4.78 is 19.2. The topological polar surface area (TPSA) is 66.8 Å². The van der Waals surface area contributed by atoms with Gasteiger partial charge >= 0.3 is 0 Å². The van der Waals surface area contributed by atoms with Crippen molar-refractivity contribution < 1.29 is 23.8 Å². The van der Waals surface area contributed by atoms with E-state index in [1.54, 1.807) is 0 Å². The van der Waals surface area contributed by atoms with E-state index in [9.17, 15) is 19.1 Å². The van der Waals surface area contributed by atoms with Crippen molar-refractivity contribution in [3.05, 3.63) is 70.5 Å². The Morgan fingerprint density at radius 1 is 1.10 bits per heavy atom. The van der Waals surface area contributed by atoms with E-state index in [0.29, 0.717) is 6.54 Å². The lowest BCUT2D eigenvalue weighted by Crippen LogP contribution is -2.30. The third-order valence-electron chi connectivity index (χ3n) is 5.66. The van der Waals surface area contributed by atoms with Crippen LogP contribution in [0.25, 0.3) is 5.76 Å². The van der Waals surface area contributed by atoms with Crippen LogP contribution in [0.3, 0.4) is 0 Å². The molecule has 0 aliphatic carbocycles. The number of ketones is 1. The summed E-state index contributed by atoms with van der Waals surface area (Å²) in [6.07, 6.45) is 3.50. The summed E-state index contributed by atoms with van der Waals surface area (Å²) in [7, 11) is 1.40. The molecule has 0 spiro atoms. The van der Waals surface area contributed by atoms with Crippen LogP contribution in [0.4, 0.5) is 4.39 Å².